The highest BCUT2D eigenvalue weighted by Crippen LogP contribution is 2.27. The molecule has 0 radical (unpaired) electrons. The van der Waals surface area contributed by atoms with Crippen LogP contribution in [-0.4, -0.2) is 18.3 Å². The Balaban J connectivity index is 2.00. The predicted octanol–water partition coefficient (Wildman–Crippen LogP) is 4.09. The van der Waals surface area contributed by atoms with E-state index in [2.05, 4.69) is 54.2 Å². The molecule has 0 saturated carbocycles. The fraction of sp³-hybridized carbons (Fsp3) is 0.500. The van der Waals surface area contributed by atoms with Gasteiger partial charge in [-0.1, -0.05) is 26.0 Å². The van der Waals surface area contributed by atoms with E-state index in [1.54, 1.807) is 0 Å². The number of rotatable bonds is 8. The number of aliphatic hydroxyl groups is 1. The average Bonchev–Trinajstić information content (AvgIpc) is 3.07. The second kappa shape index (κ2) is 7.36. The Morgan fingerprint density at radius 1 is 1.20 bits per heavy atom. The molecule has 0 saturated heterocycles. The van der Waals surface area contributed by atoms with Gasteiger partial charge in [-0.05, 0) is 34.7 Å². The monoisotopic (exact) mass is 309 g/mol. The fourth-order valence-corrected chi connectivity index (χ4v) is 3.74. The number of thiophene rings is 2. The van der Waals surface area contributed by atoms with E-state index < -0.39 is 0 Å². The maximum absolute atomic E-state index is 9.13. The molecule has 0 aliphatic heterocycles. The van der Waals surface area contributed by atoms with Gasteiger partial charge in [-0.25, -0.2) is 0 Å². The number of aliphatic hydroxyl groups excluding tert-OH is 1. The Kier molecular flexibility index (Phi) is 5.78. The van der Waals surface area contributed by atoms with Gasteiger partial charge in [0.25, 0.3) is 0 Å². The van der Waals surface area contributed by atoms with E-state index in [0.29, 0.717) is 6.04 Å². The van der Waals surface area contributed by atoms with Crippen LogP contribution < -0.4 is 5.32 Å². The van der Waals surface area contributed by atoms with Crippen LogP contribution in [-0.2, 0) is 6.42 Å². The van der Waals surface area contributed by atoms with E-state index in [0.717, 1.165) is 19.4 Å². The minimum atomic E-state index is 0.125. The molecule has 0 fully saturated rings. The Morgan fingerprint density at radius 2 is 1.95 bits per heavy atom. The molecule has 2 rings (SSSR count). The van der Waals surface area contributed by atoms with Crippen LogP contribution in [0.1, 0.15) is 36.1 Å². The molecule has 0 aromatic carbocycles. The second-order valence-electron chi connectivity index (χ2n) is 5.87. The van der Waals surface area contributed by atoms with Crippen LogP contribution in [0.5, 0.6) is 0 Å². The van der Waals surface area contributed by atoms with E-state index >= 15 is 0 Å². The molecule has 0 spiro atoms. The first kappa shape index (κ1) is 15.7. The highest BCUT2D eigenvalue weighted by molar-refractivity contribution is 7.10. The Labute approximate surface area is 129 Å². The molecule has 2 aromatic heterocycles. The van der Waals surface area contributed by atoms with Crippen molar-refractivity contribution in [2.24, 2.45) is 5.41 Å². The largest absolute Gasteiger partial charge is 0.396 e. The summed E-state index contributed by atoms with van der Waals surface area (Å²) in [5.41, 5.74) is 0.125. The lowest BCUT2D eigenvalue weighted by atomic mass is 9.89. The molecule has 1 unspecified atom stereocenters. The Hall–Kier alpha value is -0.680. The minimum Gasteiger partial charge on any atom is -0.396 e. The van der Waals surface area contributed by atoms with Crippen molar-refractivity contribution in [1.29, 1.82) is 0 Å². The second-order valence-corrected chi connectivity index (χ2v) is 7.88. The van der Waals surface area contributed by atoms with Crippen molar-refractivity contribution in [1.82, 2.24) is 5.32 Å². The summed E-state index contributed by atoms with van der Waals surface area (Å²) < 4.78 is 0. The van der Waals surface area contributed by atoms with E-state index in [1.165, 1.54) is 9.75 Å². The van der Waals surface area contributed by atoms with E-state index in [-0.39, 0.29) is 12.0 Å². The zero-order valence-electron chi connectivity index (χ0n) is 12.1. The summed E-state index contributed by atoms with van der Waals surface area (Å²) in [6, 6.07) is 9.00. The average molecular weight is 310 g/mol. The van der Waals surface area contributed by atoms with Crippen LogP contribution >= 0.6 is 22.7 Å². The SMILES string of the molecule is CC(C)(CCO)CNC(Cc1cccs1)c1cccs1. The molecular weight excluding hydrogens is 286 g/mol. The Bertz CT molecular complexity index is 477. The molecule has 0 aliphatic carbocycles. The van der Waals surface area contributed by atoms with Crippen LogP contribution in [0, 0.1) is 5.41 Å². The molecule has 0 amide bonds. The van der Waals surface area contributed by atoms with Gasteiger partial charge in [0.2, 0.25) is 0 Å². The van der Waals surface area contributed by atoms with Crippen molar-refractivity contribution in [2.75, 3.05) is 13.2 Å². The van der Waals surface area contributed by atoms with Gasteiger partial charge in [-0.15, -0.1) is 22.7 Å². The van der Waals surface area contributed by atoms with Crippen molar-refractivity contribution in [3.8, 4) is 0 Å². The molecule has 2 aromatic rings. The number of hydrogen-bond donors (Lipinski definition) is 2. The first-order chi connectivity index (χ1) is 9.61. The molecule has 1 atom stereocenters. The van der Waals surface area contributed by atoms with Crippen molar-refractivity contribution in [3.63, 3.8) is 0 Å². The van der Waals surface area contributed by atoms with Gasteiger partial charge in [-0.2, -0.15) is 0 Å². The molecule has 20 heavy (non-hydrogen) atoms. The van der Waals surface area contributed by atoms with Crippen LogP contribution in [0.15, 0.2) is 35.0 Å². The summed E-state index contributed by atoms with van der Waals surface area (Å²) in [5.74, 6) is 0. The lowest BCUT2D eigenvalue weighted by Gasteiger charge is -2.27. The van der Waals surface area contributed by atoms with Crippen LogP contribution in [0.4, 0.5) is 0 Å². The summed E-state index contributed by atoms with van der Waals surface area (Å²) in [5, 5.41) is 17.1. The number of nitrogens with one attached hydrogen (secondary N) is 1. The van der Waals surface area contributed by atoms with Gasteiger partial charge >= 0.3 is 0 Å². The van der Waals surface area contributed by atoms with Crippen molar-refractivity contribution >= 4 is 22.7 Å². The van der Waals surface area contributed by atoms with Gasteiger partial charge in [-0.3, -0.25) is 0 Å². The van der Waals surface area contributed by atoms with E-state index in [1.807, 2.05) is 22.7 Å². The maximum atomic E-state index is 9.13. The standard InChI is InChI=1S/C16H23NOS2/c1-16(2,7-8-18)12-17-14(15-6-4-10-20-15)11-13-5-3-9-19-13/h3-6,9-10,14,17-18H,7-8,11-12H2,1-2H3. The zero-order valence-corrected chi connectivity index (χ0v) is 13.8. The van der Waals surface area contributed by atoms with Crippen LogP contribution in [0.25, 0.3) is 0 Å². The van der Waals surface area contributed by atoms with Crippen molar-refractivity contribution < 1.29 is 5.11 Å². The first-order valence-corrected chi connectivity index (χ1v) is 8.77. The summed E-state index contributed by atoms with van der Waals surface area (Å²) in [6.45, 7) is 5.57. The predicted molar refractivity (Wildman–Crippen MR) is 88.6 cm³/mol. The topological polar surface area (TPSA) is 32.3 Å². The highest BCUT2D eigenvalue weighted by atomic mass is 32.1. The van der Waals surface area contributed by atoms with Crippen molar-refractivity contribution in [2.45, 2.75) is 32.7 Å². The van der Waals surface area contributed by atoms with Gasteiger partial charge in [0.05, 0.1) is 0 Å². The van der Waals surface area contributed by atoms with Crippen LogP contribution in [0.3, 0.4) is 0 Å². The molecule has 2 N–H and O–H groups in total. The summed E-state index contributed by atoms with van der Waals surface area (Å²) >= 11 is 3.63. The van der Waals surface area contributed by atoms with Gasteiger partial charge in [0.1, 0.15) is 0 Å². The van der Waals surface area contributed by atoms with Crippen molar-refractivity contribution in [3.05, 3.63) is 44.8 Å². The zero-order chi connectivity index (χ0) is 14.4. The van der Waals surface area contributed by atoms with Gasteiger partial charge in [0.15, 0.2) is 0 Å². The molecule has 2 nitrogen and oxygen atoms in total. The third-order valence-corrected chi connectivity index (χ3v) is 5.37. The highest BCUT2D eigenvalue weighted by Gasteiger charge is 2.21. The molecule has 0 aliphatic rings. The summed E-state index contributed by atoms with van der Waals surface area (Å²) in [6.07, 6.45) is 1.86. The normalized spacial score (nSPS) is 13.6. The smallest absolute Gasteiger partial charge is 0.0463 e. The summed E-state index contributed by atoms with van der Waals surface area (Å²) in [4.78, 5) is 2.80. The molecular formula is C16H23NOS2. The summed E-state index contributed by atoms with van der Waals surface area (Å²) in [7, 11) is 0. The van der Waals surface area contributed by atoms with Gasteiger partial charge < -0.3 is 10.4 Å². The molecule has 0 bridgehead atoms. The first-order valence-electron chi connectivity index (χ1n) is 7.01. The number of hydrogen-bond acceptors (Lipinski definition) is 4. The third kappa shape index (κ3) is 4.70. The molecule has 2 heterocycles. The maximum Gasteiger partial charge on any atom is 0.0463 e. The molecule has 4 heteroatoms. The molecule has 110 valence electrons. The quantitative estimate of drug-likeness (QED) is 0.770. The minimum absolute atomic E-state index is 0.125. The Morgan fingerprint density at radius 3 is 2.55 bits per heavy atom. The fourth-order valence-electron chi connectivity index (χ4n) is 2.18. The van der Waals surface area contributed by atoms with Gasteiger partial charge in [0, 0.05) is 35.4 Å². The van der Waals surface area contributed by atoms with Crippen LogP contribution in [0.2, 0.25) is 0 Å². The lowest BCUT2D eigenvalue weighted by molar-refractivity contribution is 0.203. The third-order valence-electron chi connectivity index (χ3n) is 3.49. The van der Waals surface area contributed by atoms with E-state index in [9.17, 15) is 0 Å². The lowest BCUT2D eigenvalue weighted by Crippen LogP contribution is -2.33. The van der Waals surface area contributed by atoms with E-state index in [4.69, 9.17) is 5.11 Å².